The first-order chi connectivity index (χ1) is 9.52. The number of hydrogen-bond donors (Lipinski definition) is 0. The minimum Gasteiger partial charge on any atom is -0.103 e. The fourth-order valence-corrected chi connectivity index (χ4v) is 4.66. The molecule has 2 aliphatic rings. The third kappa shape index (κ3) is 2.80. The molecule has 3 unspecified atom stereocenters. The lowest BCUT2D eigenvalue weighted by molar-refractivity contribution is 0.0824. The first kappa shape index (κ1) is 15.6. The average molecular weight is 272 g/mol. The summed E-state index contributed by atoms with van der Waals surface area (Å²) in [6.45, 7) is 13.6. The molecule has 0 aromatic carbocycles. The zero-order valence-corrected chi connectivity index (χ0v) is 14.0. The van der Waals surface area contributed by atoms with Gasteiger partial charge in [0, 0.05) is 0 Å². The predicted octanol–water partition coefficient (Wildman–Crippen LogP) is 6.45. The summed E-state index contributed by atoms with van der Waals surface area (Å²) in [4.78, 5) is 0. The van der Waals surface area contributed by atoms with Crippen LogP contribution >= 0.6 is 0 Å². The van der Waals surface area contributed by atoms with Gasteiger partial charge in [0.15, 0.2) is 0 Å². The second-order valence-electron chi connectivity index (χ2n) is 7.23. The lowest BCUT2D eigenvalue weighted by Gasteiger charge is -2.50. The van der Waals surface area contributed by atoms with E-state index in [1.54, 1.807) is 16.7 Å². The largest absolute Gasteiger partial charge is 0.103 e. The van der Waals surface area contributed by atoms with Crippen molar-refractivity contribution < 1.29 is 0 Å². The molecule has 20 heavy (non-hydrogen) atoms. The fourth-order valence-electron chi connectivity index (χ4n) is 4.66. The van der Waals surface area contributed by atoms with Gasteiger partial charge < -0.3 is 0 Å². The summed E-state index contributed by atoms with van der Waals surface area (Å²) >= 11 is 0. The first-order valence-electron chi connectivity index (χ1n) is 8.53. The number of fused-ring (bicyclic) bond motifs is 1. The van der Waals surface area contributed by atoms with E-state index >= 15 is 0 Å². The highest BCUT2D eigenvalue weighted by molar-refractivity contribution is 5.35. The maximum Gasteiger partial charge on any atom is -0.00824 e. The minimum absolute atomic E-state index is 0.467. The monoisotopic (exact) mass is 272 g/mol. The summed E-state index contributed by atoms with van der Waals surface area (Å²) in [6, 6.07) is 0. The molecule has 2 aliphatic carbocycles. The zero-order valence-electron chi connectivity index (χ0n) is 14.0. The van der Waals surface area contributed by atoms with E-state index < -0.39 is 0 Å². The van der Waals surface area contributed by atoms with Crippen molar-refractivity contribution in [1.29, 1.82) is 0 Å². The van der Waals surface area contributed by atoms with E-state index in [0.717, 1.165) is 24.7 Å². The van der Waals surface area contributed by atoms with Crippen LogP contribution in [0.25, 0.3) is 0 Å². The highest BCUT2D eigenvalue weighted by Crippen LogP contribution is 2.55. The molecule has 1 saturated carbocycles. The third-order valence-electron chi connectivity index (χ3n) is 6.16. The molecule has 0 heterocycles. The maximum absolute atomic E-state index is 3.89. The molecule has 0 spiro atoms. The van der Waals surface area contributed by atoms with Gasteiger partial charge in [-0.25, -0.2) is 0 Å². The molecule has 1 fully saturated rings. The summed E-state index contributed by atoms with van der Waals surface area (Å²) in [7, 11) is 0. The lowest BCUT2D eigenvalue weighted by atomic mass is 9.55. The first-order valence-corrected chi connectivity index (χ1v) is 8.53. The Kier molecular flexibility index (Phi) is 4.94. The Hall–Kier alpha value is -0.780. The molecule has 0 amide bonds. The van der Waals surface area contributed by atoms with Crippen molar-refractivity contribution in [3.8, 4) is 0 Å². The number of rotatable bonds is 4. The summed E-state index contributed by atoms with van der Waals surface area (Å²) in [6.07, 6.45) is 13.7. The molecular formula is C20H32. The van der Waals surface area contributed by atoms with E-state index in [1.807, 2.05) is 6.08 Å². The summed E-state index contributed by atoms with van der Waals surface area (Å²) in [5.41, 5.74) is 5.33. The molecule has 0 aromatic rings. The van der Waals surface area contributed by atoms with Crippen LogP contribution < -0.4 is 0 Å². The molecule has 0 aliphatic heterocycles. The normalized spacial score (nSPS) is 34.9. The van der Waals surface area contributed by atoms with Crippen LogP contribution in [0.3, 0.4) is 0 Å². The predicted molar refractivity (Wildman–Crippen MR) is 89.7 cm³/mol. The summed E-state index contributed by atoms with van der Waals surface area (Å²) in [5.74, 6) is 1.82. The highest BCUT2D eigenvalue weighted by Gasteiger charge is 2.44. The molecule has 0 heteroatoms. The van der Waals surface area contributed by atoms with Gasteiger partial charge in [0.05, 0.1) is 0 Å². The molecule has 0 aromatic heterocycles. The van der Waals surface area contributed by atoms with Gasteiger partial charge in [0.1, 0.15) is 0 Å². The van der Waals surface area contributed by atoms with Gasteiger partial charge in [0.25, 0.3) is 0 Å². The van der Waals surface area contributed by atoms with E-state index in [-0.39, 0.29) is 0 Å². The van der Waals surface area contributed by atoms with Crippen LogP contribution in [0.15, 0.2) is 35.5 Å². The zero-order chi connectivity index (χ0) is 14.8. The average Bonchev–Trinajstić information content (AvgIpc) is 2.42. The van der Waals surface area contributed by atoms with Gasteiger partial charge in [-0.3, -0.25) is 0 Å². The molecule has 0 saturated heterocycles. The molecule has 0 nitrogen and oxygen atoms in total. The van der Waals surface area contributed by atoms with Crippen LogP contribution in [0.2, 0.25) is 0 Å². The van der Waals surface area contributed by atoms with Crippen LogP contribution in [0.4, 0.5) is 0 Å². The van der Waals surface area contributed by atoms with Gasteiger partial charge in [-0.15, -0.1) is 6.58 Å². The summed E-state index contributed by atoms with van der Waals surface area (Å²) in [5, 5.41) is 0. The Bertz CT molecular complexity index is 423. The Balaban J connectivity index is 2.33. The second-order valence-corrected chi connectivity index (χ2v) is 7.23. The molecule has 0 bridgehead atoms. The van der Waals surface area contributed by atoms with E-state index in [2.05, 4.69) is 40.3 Å². The molecular weight excluding hydrogens is 240 g/mol. The minimum atomic E-state index is 0.467. The lowest BCUT2D eigenvalue weighted by Crippen LogP contribution is -2.39. The Morgan fingerprint density at radius 1 is 1.40 bits per heavy atom. The standard InChI is InChI=1S/C20H32/c1-6-9-17(7-2)14-18-11-12-19-15(3)10-8-13-20(19,5)16(18)4/h6,14-15,19H,1,7-13H2,2-5H3/b17-14-. The van der Waals surface area contributed by atoms with Crippen molar-refractivity contribution >= 4 is 0 Å². The van der Waals surface area contributed by atoms with Crippen LogP contribution in [0.5, 0.6) is 0 Å². The second kappa shape index (κ2) is 6.33. The fraction of sp³-hybridized carbons (Fsp3) is 0.700. The van der Waals surface area contributed by atoms with E-state index in [1.165, 1.54) is 32.1 Å². The van der Waals surface area contributed by atoms with Gasteiger partial charge in [-0.2, -0.15) is 0 Å². The smallest absolute Gasteiger partial charge is 0.00824 e. The number of hydrogen-bond acceptors (Lipinski definition) is 0. The van der Waals surface area contributed by atoms with Crippen LogP contribution in [-0.4, -0.2) is 0 Å². The summed E-state index contributed by atoms with van der Waals surface area (Å²) < 4.78 is 0. The van der Waals surface area contributed by atoms with Crippen molar-refractivity contribution in [3.05, 3.63) is 35.5 Å². The third-order valence-corrected chi connectivity index (χ3v) is 6.16. The molecule has 112 valence electrons. The van der Waals surface area contributed by atoms with E-state index in [0.29, 0.717) is 5.41 Å². The van der Waals surface area contributed by atoms with E-state index in [9.17, 15) is 0 Å². The van der Waals surface area contributed by atoms with E-state index in [4.69, 9.17) is 0 Å². The molecule has 2 rings (SSSR count). The number of allylic oxidation sites excluding steroid dienone is 5. The van der Waals surface area contributed by atoms with Crippen LogP contribution in [0.1, 0.15) is 72.6 Å². The maximum atomic E-state index is 3.89. The molecule has 3 atom stereocenters. The van der Waals surface area contributed by atoms with Crippen molar-refractivity contribution in [3.63, 3.8) is 0 Å². The Morgan fingerprint density at radius 2 is 2.15 bits per heavy atom. The Morgan fingerprint density at radius 3 is 2.80 bits per heavy atom. The van der Waals surface area contributed by atoms with Gasteiger partial charge in [-0.1, -0.05) is 56.9 Å². The van der Waals surface area contributed by atoms with Crippen molar-refractivity contribution in [2.45, 2.75) is 72.6 Å². The van der Waals surface area contributed by atoms with Crippen LogP contribution in [-0.2, 0) is 0 Å². The quantitative estimate of drug-likeness (QED) is 0.516. The molecule has 0 N–H and O–H groups in total. The molecule has 0 radical (unpaired) electrons. The van der Waals surface area contributed by atoms with Crippen molar-refractivity contribution in [1.82, 2.24) is 0 Å². The topological polar surface area (TPSA) is 0 Å². The SMILES string of the molecule is C=CC/C(=C\C1=C(C)C2(C)CCCC(C)C2CC1)CC. The van der Waals surface area contributed by atoms with Gasteiger partial charge >= 0.3 is 0 Å². The van der Waals surface area contributed by atoms with Gasteiger partial charge in [0.2, 0.25) is 0 Å². The Labute approximate surface area is 126 Å². The highest BCUT2D eigenvalue weighted by atomic mass is 14.5. The van der Waals surface area contributed by atoms with Crippen molar-refractivity contribution in [2.24, 2.45) is 17.3 Å². The van der Waals surface area contributed by atoms with Crippen LogP contribution in [0, 0.1) is 17.3 Å². The van der Waals surface area contributed by atoms with Gasteiger partial charge in [-0.05, 0) is 61.9 Å². The van der Waals surface area contributed by atoms with Crippen molar-refractivity contribution in [2.75, 3.05) is 0 Å².